The van der Waals surface area contributed by atoms with Crippen molar-refractivity contribution in [3.05, 3.63) is 53.6 Å². The summed E-state index contributed by atoms with van der Waals surface area (Å²) in [5, 5.41) is 5.92. The second-order valence-electron chi connectivity index (χ2n) is 6.92. The number of carbonyl (C=O) groups excluding carboxylic acids is 2. The van der Waals surface area contributed by atoms with Gasteiger partial charge in [0.05, 0.1) is 11.3 Å². The van der Waals surface area contributed by atoms with Crippen molar-refractivity contribution in [3.8, 4) is 0 Å². The molecule has 0 saturated carbocycles. The van der Waals surface area contributed by atoms with Gasteiger partial charge in [0.15, 0.2) is 0 Å². The molecule has 2 aromatic rings. The Bertz CT molecular complexity index is 862. The summed E-state index contributed by atoms with van der Waals surface area (Å²) in [5.74, 6) is -0.236. The molecule has 0 aliphatic carbocycles. The van der Waals surface area contributed by atoms with Crippen molar-refractivity contribution in [2.75, 3.05) is 31.5 Å². The Hall–Kier alpha value is -2.31. The van der Waals surface area contributed by atoms with Gasteiger partial charge in [0.25, 0.3) is 11.8 Å². The van der Waals surface area contributed by atoms with E-state index in [4.69, 9.17) is 0 Å². The smallest absolute Gasteiger partial charge is 0.256 e. The number of carbonyl (C=O) groups is 2. The molecule has 2 heterocycles. The summed E-state index contributed by atoms with van der Waals surface area (Å²) < 4.78 is 0. The Kier molecular flexibility index (Phi) is 5.45. The standard InChI is InChI=1S/C21H23N3O2S/c25-20(22-10-5-13-24-11-3-4-12-24)15-8-9-19-17(14-15)23-21(26)16-6-1-2-7-18(16)27-19/h1-2,6-9,14H,3-5,10-13H2,(H,22,25)(H,23,26). The molecular weight excluding hydrogens is 358 g/mol. The van der Waals surface area contributed by atoms with E-state index >= 15 is 0 Å². The summed E-state index contributed by atoms with van der Waals surface area (Å²) >= 11 is 1.54. The van der Waals surface area contributed by atoms with E-state index in [9.17, 15) is 9.59 Å². The van der Waals surface area contributed by atoms with Gasteiger partial charge in [-0.15, -0.1) is 0 Å². The number of nitrogens with one attached hydrogen (secondary N) is 2. The number of fused-ring (bicyclic) bond motifs is 2. The minimum absolute atomic E-state index is 0.0970. The number of amides is 2. The van der Waals surface area contributed by atoms with Crippen molar-refractivity contribution in [2.24, 2.45) is 0 Å². The van der Waals surface area contributed by atoms with Gasteiger partial charge >= 0.3 is 0 Å². The monoisotopic (exact) mass is 381 g/mol. The van der Waals surface area contributed by atoms with Crippen molar-refractivity contribution >= 4 is 29.3 Å². The van der Waals surface area contributed by atoms with Crippen molar-refractivity contribution in [2.45, 2.75) is 29.1 Å². The Morgan fingerprint density at radius 1 is 1.11 bits per heavy atom. The van der Waals surface area contributed by atoms with Crippen LogP contribution in [0.1, 0.15) is 40.0 Å². The fourth-order valence-corrected chi connectivity index (χ4v) is 4.53. The predicted octanol–water partition coefficient (Wildman–Crippen LogP) is 3.62. The second-order valence-corrected chi connectivity index (χ2v) is 8.01. The van der Waals surface area contributed by atoms with Crippen LogP contribution in [0, 0.1) is 0 Å². The first kappa shape index (κ1) is 18.1. The number of nitrogens with zero attached hydrogens (tertiary/aromatic N) is 1. The number of anilines is 1. The lowest BCUT2D eigenvalue weighted by atomic mass is 10.1. The molecule has 27 heavy (non-hydrogen) atoms. The van der Waals surface area contributed by atoms with E-state index in [2.05, 4.69) is 15.5 Å². The number of benzene rings is 2. The first-order chi connectivity index (χ1) is 13.2. The molecule has 5 nitrogen and oxygen atoms in total. The van der Waals surface area contributed by atoms with Crippen molar-refractivity contribution < 1.29 is 9.59 Å². The van der Waals surface area contributed by atoms with E-state index in [0.29, 0.717) is 23.4 Å². The van der Waals surface area contributed by atoms with E-state index in [1.165, 1.54) is 25.9 Å². The maximum Gasteiger partial charge on any atom is 0.256 e. The van der Waals surface area contributed by atoms with Crippen molar-refractivity contribution in [3.63, 3.8) is 0 Å². The summed E-state index contributed by atoms with van der Waals surface area (Å²) in [5.41, 5.74) is 1.92. The van der Waals surface area contributed by atoms with Gasteiger partial charge in [0, 0.05) is 21.9 Å². The lowest BCUT2D eigenvalue weighted by molar-refractivity contribution is 0.0950. The van der Waals surface area contributed by atoms with Crippen molar-refractivity contribution in [1.29, 1.82) is 0 Å². The normalized spacial score (nSPS) is 16.2. The molecule has 140 valence electrons. The Morgan fingerprint density at radius 3 is 2.78 bits per heavy atom. The molecular formula is C21H23N3O2S. The molecule has 2 N–H and O–H groups in total. The Morgan fingerprint density at radius 2 is 1.93 bits per heavy atom. The van der Waals surface area contributed by atoms with Gasteiger partial charge < -0.3 is 15.5 Å². The van der Waals surface area contributed by atoms with Crippen LogP contribution in [0.2, 0.25) is 0 Å². The van der Waals surface area contributed by atoms with Crippen LogP contribution in [0.5, 0.6) is 0 Å². The fraction of sp³-hybridized carbons (Fsp3) is 0.333. The summed E-state index contributed by atoms with van der Waals surface area (Å²) in [6.07, 6.45) is 3.53. The van der Waals surface area contributed by atoms with Crippen LogP contribution in [-0.4, -0.2) is 42.9 Å². The van der Waals surface area contributed by atoms with E-state index in [0.717, 1.165) is 22.8 Å². The van der Waals surface area contributed by atoms with Crippen LogP contribution in [0.25, 0.3) is 0 Å². The molecule has 2 aliphatic rings. The van der Waals surface area contributed by atoms with Gasteiger partial charge in [-0.1, -0.05) is 23.9 Å². The Balaban J connectivity index is 1.40. The van der Waals surface area contributed by atoms with Crippen LogP contribution >= 0.6 is 11.8 Å². The zero-order chi connectivity index (χ0) is 18.6. The maximum atomic E-state index is 12.5. The minimum Gasteiger partial charge on any atom is -0.352 e. The van der Waals surface area contributed by atoms with E-state index < -0.39 is 0 Å². The highest BCUT2D eigenvalue weighted by Gasteiger charge is 2.20. The molecule has 0 spiro atoms. The summed E-state index contributed by atoms with van der Waals surface area (Å²) in [6, 6.07) is 13.0. The molecule has 1 saturated heterocycles. The minimum atomic E-state index is -0.139. The zero-order valence-electron chi connectivity index (χ0n) is 15.2. The van der Waals surface area contributed by atoms with Crippen LogP contribution in [0.15, 0.2) is 52.3 Å². The zero-order valence-corrected chi connectivity index (χ0v) is 16.0. The lowest BCUT2D eigenvalue weighted by Gasteiger charge is -2.14. The third-order valence-corrected chi connectivity index (χ3v) is 6.13. The third-order valence-electron chi connectivity index (χ3n) is 4.98. The second kappa shape index (κ2) is 8.15. The van der Waals surface area contributed by atoms with Gasteiger partial charge in [-0.3, -0.25) is 9.59 Å². The van der Waals surface area contributed by atoms with Crippen LogP contribution < -0.4 is 10.6 Å². The SMILES string of the molecule is O=C(NCCCN1CCCC1)c1ccc2c(c1)NC(=O)c1ccccc1S2. The molecule has 1 fully saturated rings. The van der Waals surface area contributed by atoms with E-state index in [1.54, 1.807) is 17.8 Å². The maximum absolute atomic E-state index is 12.5. The lowest BCUT2D eigenvalue weighted by Crippen LogP contribution is -2.28. The summed E-state index contributed by atoms with van der Waals surface area (Å²) in [7, 11) is 0. The molecule has 0 unspecified atom stereocenters. The largest absolute Gasteiger partial charge is 0.352 e. The van der Waals surface area contributed by atoms with Crippen LogP contribution in [-0.2, 0) is 0 Å². The highest BCUT2D eigenvalue weighted by molar-refractivity contribution is 7.99. The molecule has 6 heteroatoms. The van der Waals surface area contributed by atoms with Crippen molar-refractivity contribution in [1.82, 2.24) is 10.2 Å². The highest BCUT2D eigenvalue weighted by atomic mass is 32.2. The number of hydrogen-bond donors (Lipinski definition) is 2. The summed E-state index contributed by atoms with van der Waals surface area (Å²) in [4.78, 5) is 29.2. The molecule has 2 amide bonds. The molecule has 2 aliphatic heterocycles. The first-order valence-corrected chi connectivity index (χ1v) is 10.3. The molecule has 2 aromatic carbocycles. The van der Waals surface area contributed by atoms with E-state index in [1.807, 2.05) is 36.4 Å². The number of hydrogen-bond acceptors (Lipinski definition) is 4. The van der Waals surface area contributed by atoms with Gasteiger partial charge in [0.2, 0.25) is 0 Å². The van der Waals surface area contributed by atoms with Gasteiger partial charge in [-0.25, -0.2) is 0 Å². The average molecular weight is 382 g/mol. The third kappa shape index (κ3) is 4.17. The average Bonchev–Trinajstić information content (AvgIpc) is 3.15. The van der Waals surface area contributed by atoms with Crippen LogP contribution in [0.4, 0.5) is 5.69 Å². The fourth-order valence-electron chi connectivity index (χ4n) is 3.52. The van der Waals surface area contributed by atoms with Gasteiger partial charge in [-0.2, -0.15) is 0 Å². The molecule has 4 rings (SSSR count). The molecule has 0 atom stereocenters. The molecule has 0 bridgehead atoms. The van der Waals surface area contributed by atoms with Gasteiger partial charge in [0.1, 0.15) is 0 Å². The number of rotatable bonds is 5. The van der Waals surface area contributed by atoms with Crippen LogP contribution in [0.3, 0.4) is 0 Å². The topological polar surface area (TPSA) is 61.4 Å². The van der Waals surface area contributed by atoms with E-state index in [-0.39, 0.29) is 11.8 Å². The van der Waals surface area contributed by atoms with Gasteiger partial charge in [-0.05, 0) is 69.2 Å². The summed E-state index contributed by atoms with van der Waals surface area (Å²) in [6.45, 7) is 4.06. The predicted molar refractivity (Wildman–Crippen MR) is 108 cm³/mol. The number of likely N-dealkylation sites (tertiary alicyclic amines) is 1. The molecule has 0 radical (unpaired) electrons. The Labute approximate surface area is 163 Å². The highest BCUT2D eigenvalue weighted by Crippen LogP contribution is 2.38. The molecule has 0 aromatic heterocycles. The first-order valence-electron chi connectivity index (χ1n) is 9.43. The quantitative estimate of drug-likeness (QED) is 0.777.